The van der Waals surface area contributed by atoms with Crippen LogP contribution in [-0.4, -0.2) is 63.9 Å². The third-order valence-electron chi connectivity index (χ3n) is 6.11. The van der Waals surface area contributed by atoms with Gasteiger partial charge in [-0.15, -0.1) is 0 Å². The van der Waals surface area contributed by atoms with Crippen molar-refractivity contribution in [3.05, 3.63) is 77.7 Å². The molecule has 0 spiro atoms. The molecule has 1 fully saturated rings. The molecule has 3 heterocycles. The van der Waals surface area contributed by atoms with Crippen LogP contribution in [0.5, 0.6) is 5.75 Å². The first-order valence-corrected chi connectivity index (χ1v) is 11.0. The van der Waals surface area contributed by atoms with Gasteiger partial charge in [0.05, 0.1) is 7.11 Å². The first kappa shape index (κ1) is 21.6. The number of aryl methyl sites for hydroxylation is 1. The maximum Gasteiger partial charge on any atom is 0.136 e. The Morgan fingerprint density at radius 3 is 2.74 bits per heavy atom. The summed E-state index contributed by atoms with van der Waals surface area (Å²) in [6, 6.07) is 17.0. The number of aliphatic hydroxyl groups excluding tert-OH is 1. The minimum Gasteiger partial charge on any atom is -0.496 e. The number of piperazine rings is 1. The molecule has 1 aliphatic rings. The SMILES string of the molecule is COc1ccc(CN2CCN(Cc3cccn3-c3ccccn3)C[C@@H]2CCO)cc1C. The number of ether oxygens (including phenoxy) is 1. The van der Waals surface area contributed by atoms with Gasteiger partial charge in [-0.1, -0.05) is 18.2 Å². The van der Waals surface area contributed by atoms with Gasteiger partial charge < -0.3 is 14.4 Å². The van der Waals surface area contributed by atoms with Gasteiger partial charge in [0.25, 0.3) is 0 Å². The highest BCUT2D eigenvalue weighted by Crippen LogP contribution is 2.23. The second-order valence-electron chi connectivity index (χ2n) is 8.23. The van der Waals surface area contributed by atoms with E-state index in [1.165, 1.54) is 11.3 Å². The molecular weight excluding hydrogens is 388 g/mol. The summed E-state index contributed by atoms with van der Waals surface area (Å²) in [5.41, 5.74) is 3.69. The van der Waals surface area contributed by atoms with Crippen molar-refractivity contribution in [1.29, 1.82) is 0 Å². The molecule has 0 amide bonds. The summed E-state index contributed by atoms with van der Waals surface area (Å²) in [6.07, 6.45) is 4.69. The molecule has 6 heteroatoms. The fourth-order valence-electron chi connectivity index (χ4n) is 4.50. The molecule has 1 saturated heterocycles. The predicted octanol–water partition coefficient (Wildman–Crippen LogP) is 3.26. The first-order chi connectivity index (χ1) is 15.2. The smallest absolute Gasteiger partial charge is 0.136 e. The molecule has 0 bridgehead atoms. The minimum atomic E-state index is 0.209. The van der Waals surface area contributed by atoms with Crippen LogP contribution in [0.1, 0.15) is 23.2 Å². The van der Waals surface area contributed by atoms with Crippen LogP contribution in [0.2, 0.25) is 0 Å². The summed E-state index contributed by atoms with van der Waals surface area (Å²) in [5, 5.41) is 9.68. The molecule has 6 nitrogen and oxygen atoms in total. The lowest BCUT2D eigenvalue weighted by atomic mass is 10.1. The van der Waals surface area contributed by atoms with Crippen molar-refractivity contribution in [3.63, 3.8) is 0 Å². The highest BCUT2D eigenvalue weighted by atomic mass is 16.5. The fourth-order valence-corrected chi connectivity index (χ4v) is 4.50. The Labute approximate surface area is 184 Å². The number of methoxy groups -OCH3 is 1. The van der Waals surface area contributed by atoms with Crippen molar-refractivity contribution < 1.29 is 9.84 Å². The Kier molecular flexibility index (Phi) is 7.02. The van der Waals surface area contributed by atoms with E-state index < -0.39 is 0 Å². The van der Waals surface area contributed by atoms with Gasteiger partial charge in [0.15, 0.2) is 0 Å². The molecule has 1 N–H and O–H groups in total. The number of hydrogen-bond donors (Lipinski definition) is 1. The highest BCUT2D eigenvalue weighted by molar-refractivity contribution is 5.36. The van der Waals surface area contributed by atoms with Crippen LogP contribution in [0.25, 0.3) is 5.82 Å². The van der Waals surface area contributed by atoms with Gasteiger partial charge in [-0.3, -0.25) is 9.80 Å². The average Bonchev–Trinajstić information content (AvgIpc) is 3.24. The number of aliphatic hydroxyl groups is 1. The number of benzene rings is 1. The molecule has 3 aromatic rings. The second-order valence-corrected chi connectivity index (χ2v) is 8.23. The maximum atomic E-state index is 9.68. The lowest BCUT2D eigenvalue weighted by molar-refractivity contribution is 0.0491. The summed E-state index contributed by atoms with van der Waals surface area (Å²) in [4.78, 5) is 9.49. The van der Waals surface area contributed by atoms with Gasteiger partial charge in [0.1, 0.15) is 11.6 Å². The van der Waals surface area contributed by atoms with Crippen LogP contribution < -0.4 is 4.74 Å². The van der Waals surface area contributed by atoms with Crippen LogP contribution in [0.4, 0.5) is 0 Å². The van der Waals surface area contributed by atoms with E-state index in [-0.39, 0.29) is 6.61 Å². The Morgan fingerprint density at radius 2 is 2.00 bits per heavy atom. The summed E-state index contributed by atoms with van der Waals surface area (Å²) < 4.78 is 7.56. The number of aromatic nitrogens is 2. The van der Waals surface area contributed by atoms with Gasteiger partial charge in [-0.25, -0.2) is 4.98 Å². The Hall–Kier alpha value is -2.67. The molecule has 0 saturated carbocycles. The van der Waals surface area contributed by atoms with E-state index in [1.807, 2.05) is 30.5 Å². The summed E-state index contributed by atoms with van der Waals surface area (Å²) in [5.74, 6) is 1.87. The van der Waals surface area contributed by atoms with Crippen LogP contribution in [0.3, 0.4) is 0 Å². The molecule has 4 rings (SSSR count). The molecule has 0 unspecified atom stereocenters. The zero-order valence-electron chi connectivity index (χ0n) is 18.4. The fraction of sp³-hybridized carbons (Fsp3) is 0.400. The lowest BCUT2D eigenvalue weighted by Crippen LogP contribution is -2.52. The average molecular weight is 421 g/mol. The minimum absolute atomic E-state index is 0.209. The van der Waals surface area contributed by atoms with Gasteiger partial charge >= 0.3 is 0 Å². The molecule has 1 aliphatic heterocycles. The normalized spacial score (nSPS) is 17.7. The number of rotatable bonds is 8. The van der Waals surface area contributed by atoms with Gasteiger partial charge in [-0.05, 0) is 54.8 Å². The standard InChI is InChI=1S/C25H32N4O2/c1-20-16-21(8-9-24(20)31-2)17-28-14-13-27(18-22(28)10-15-30)19-23-6-5-12-29(23)25-7-3-4-11-26-25/h3-9,11-12,16,22,30H,10,13-15,17-19H2,1-2H3/t22-/m0/s1. The Bertz CT molecular complexity index is 973. The molecule has 1 atom stereocenters. The van der Waals surface area contributed by atoms with Gasteiger partial charge in [0.2, 0.25) is 0 Å². The monoisotopic (exact) mass is 420 g/mol. The third kappa shape index (κ3) is 5.15. The number of pyridine rings is 1. The van der Waals surface area contributed by atoms with Crippen LogP contribution in [0.15, 0.2) is 60.9 Å². The second kappa shape index (κ2) is 10.1. The topological polar surface area (TPSA) is 53.8 Å². The van der Waals surface area contributed by atoms with Crippen molar-refractivity contribution >= 4 is 0 Å². The molecule has 31 heavy (non-hydrogen) atoms. The largest absolute Gasteiger partial charge is 0.496 e. The first-order valence-electron chi connectivity index (χ1n) is 11.0. The van der Waals surface area contributed by atoms with E-state index in [0.717, 1.165) is 56.3 Å². The lowest BCUT2D eigenvalue weighted by Gasteiger charge is -2.41. The molecule has 0 aliphatic carbocycles. The number of nitrogens with zero attached hydrogens (tertiary/aromatic N) is 4. The van der Waals surface area contributed by atoms with Crippen molar-refractivity contribution in [2.75, 3.05) is 33.4 Å². The quantitative estimate of drug-likeness (QED) is 0.606. The van der Waals surface area contributed by atoms with E-state index in [9.17, 15) is 5.11 Å². The van der Waals surface area contributed by atoms with E-state index >= 15 is 0 Å². The summed E-state index contributed by atoms with van der Waals surface area (Å²) in [6.45, 7) is 7.01. The van der Waals surface area contributed by atoms with E-state index in [0.29, 0.717) is 6.04 Å². The third-order valence-corrected chi connectivity index (χ3v) is 6.11. The molecule has 1 aromatic carbocycles. The number of hydrogen-bond acceptors (Lipinski definition) is 5. The van der Waals surface area contributed by atoms with Crippen LogP contribution in [0, 0.1) is 6.92 Å². The molecule has 0 radical (unpaired) electrons. The van der Waals surface area contributed by atoms with Gasteiger partial charge in [-0.2, -0.15) is 0 Å². The predicted molar refractivity (Wildman–Crippen MR) is 122 cm³/mol. The zero-order chi connectivity index (χ0) is 21.6. The molecule has 164 valence electrons. The van der Waals surface area contributed by atoms with E-state index in [2.05, 4.69) is 56.7 Å². The van der Waals surface area contributed by atoms with Gasteiger partial charge in [0, 0.05) is 63.5 Å². The molecule has 2 aromatic heterocycles. The summed E-state index contributed by atoms with van der Waals surface area (Å²) in [7, 11) is 1.71. The Balaban J connectivity index is 1.43. The van der Waals surface area contributed by atoms with E-state index in [4.69, 9.17) is 4.74 Å². The van der Waals surface area contributed by atoms with Crippen molar-refractivity contribution in [1.82, 2.24) is 19.4 Å². The highest BCUT2D eigenvalue weighted by Gasteiger charge is 2.27. The Morgan fingerprint density at radius 1 is 1.10 bits per heavy atom. The van der Waals surface area contributed by atoms with Crippen molar-refractivity contribution in [2.24, 2.45) is 0 Å². The van der Waals surface area contributed by atoms with E-state index in [1.54, 1.807) is 7.11 Å². The van der Waals surface area contributed by atoms with Crippen molar-refractivity contribution in [2.45, 2.75) is 32.5 Å². The van der Waals surface area contributed by atoms with Crippen molar-refractivity contribution in [3.8, 4) is 11.6 Å². The molecular formula is C25H32N4O2. The maximum absolute atomic E-state index is 9.68. The zero-order valence-corrected chi connectivity index (χ0v) is 18.4. The van der Waals surface area contributed by atoms with Crippen LogP contribution in [-0.2, 0) is 13.1 Å². The summed E-state index contributed by atoms with van der Waals surface area (Å²) >= 11 is 0. The van der Waals surface area contributed by atoms with Crippen LogP contribution >= 0.6 is 0 Å².